The third-order valence-electron chi connectivity index (χ3n) is 4.35. The Morgan fingerprint density at radius 2 is 2.08 bits per heavy atom. The molecule has 2 rings (SSSR count). The number of rotatable bonds is 2. The van der Waals surface area contributed by atoms with E-state index in [1.54, 1.807) is 0 Å². The third-order valence-corrected chi connectivity index (χ3v) is 4.35. The standard InChI is InChI=1S/C11H19NO/c1-8-10(7-12-13)6-5-9-3-2-4-11(8)9/h8-11H,2-7H2,1H3. The first-order chi connectivity index (χ1) is 6.33. The molecule has 0 aromatic rings. The molecule has 0 heterocycles. The Bertz CT molecular complexity index is 193. The lowest BCUT2D eigenvalue weighted by molar-refractivity contribution is 0.130. The van der Waals surface area contributed by atoms with Crippen molar-refractivity contribution in [1.29, 1.82) is 0 Å². The molecule has 0 aliphatic heterocycles. The van der Waals surface area contributed by atoms with Gasteiger partial charge in [-0.1, -0.05) is 24.9 Å². The monoisotopic (exact) mass is 181 g/mol. The first-order valence-electron chi connectivity index (χ1n) is 5.62. The van der Waals surface area contributed by atoms with Gasteiger partial charge in [0.25, 0.3) is 0 Å². The summed E-state index contributed by atoms with van der Waals surface area (Å²) in [6.07, 6.45) is 6.86. The lowest BCUT2D eigenvalue weighted by Gasteiger charge is -2.37. The number of hydrogen-bond acceptors (Lipinski definition) is 2. The van der Waals surface area contributed by atoms with Crippen molar-refractivity contribution in [2.45, 2.75) is 39.0 Å². The minimum atomic E-state index is 0.560. The van der Waals surface area contributed by atoms with Gasteiger partial charge in [0, 0.05) is 0 Å². The van der Waals surface area contributed by atoms with Crippen molar-refractivity contribution in [3.05, 3.63) is 4.91 Å². The molecule has 4 unspecified atom stereocenters. The lowest BCUT2D eigenvalue weighted by atomic mass is 9.69. The maximum absolute atomic E-state index is 10.3. The second kappa shape index (κ2) is 3.77. The van der Waals surface area contributed by atoms with Crippen LogP contribution in [0.5, 0.6) is 0 Å². The van der Waals surface area contributed by atoms with Gasteiger partial charge in [-0.3, -0.25) is 0 Å². The van der Waals surface area contributed by atoms with Crippen molar-refractivity contribution in [2.24, 2.45) is 28.8 Å². The van der Waals surface area contributed by atoms with Crippen LogP contribution in [0.2, 0.25) is 0 Å². The summed E-state index contributed by atoms with van der Waals surface area (Å²) in [4.78, 5) is 10.3. The summed E-state index contributed by atoms with van der Waals surface area (Å²) in [6.45, 7) is 2.89. The Morgan fingerprint density at radius 3 is 2.85 bits per heavy atom. The normalized spacial score (nSPS) is 44.4. The molecule has 2 aliphatic rings. The smallest absolute Gasteiger partial charge is 0.0841 e. The van der Waals surface area contributed by atoms with E-state index in [0.717, 1.165) is 17.8 Å². The van der Waals surface area contributed by atoms with Gasteiger partial charge in [0.2, 0.25) is 0 Å². The van der Waals surface area contributed by atoms with Crippen molar-refractivity contribution in [2.75, 3.05) is 6.54 Å². The molecule has 0 aromatic heterocycles. The van der Waals surface area contributed by atoms with Gasteiger partial charge < -0.3 is 0 Å². The molecule has 74 valence electrons. The fourth-order valence-corrected chi connectivity index (χ4v) is 3.51. The lowest BCUT2D eigenvalue weighted by Crippen LogP contribution is -2.31. The highest BCUT2D eigenvalue weighted by Gasteiger charge is 2.39. The molecule has 4 atom stereocenters. The highest BCUT2D eigenvalue weighted by Crippen LogP contribution is 2.47. The predicted octanol–water partition coefficient (Wildman–Crippen LogP) is 3.22. The van der Waals surface area contributed by atoms with E-state index >= 15 is 0 Å². The van der Waals surface area contributed by atoms with Gasteiger partial charge >= 0.3 is 0 Å². The van der Waals surface area contributed by atoms with Gasteiger partial charge in [-0.05, 0) is 42.9 Å². The number of nitroso groups, excluding NO2 is 1. The highest BCUT2D eigenvalue weighted by atomic mass is 16.3. The molecule has 2 saturated carbocycles. The molecule has 2 nitrogen and oxygen atoms in total. The zero-order valence-corrected chi connectivity index (χ0v) is 8.41. The van der Waals surface area contributed by atoms with Crippen LogP contribution in [-0.2, 0) is 0 Å². The molecule has 0 saturated heterocycles. The van der Waals surface area contributed by atoms with Crippen LogP contribution in [0.25, 0.3) is 0 Å². The van der Waals surface area contributed by atoms with E-state index in [1.165, 1.54) is 32.1 Å². The summed E-state index contributed by atoms with van der Waals surface area (Å²) < 4.78 is 0. The second-order valence-electron chi connectivity index (χ2n) is 4.86. The SMILES string of the molecule is CC1C(CN=O)CCC2CCCC21. The molecule has 0 N–H and O–H groups in total. The van der Waals surface area contributed by atoms with Gasteiger partial charge in [-0.25, -0.2) is 0 Å². The summed E-state index contributed by atoms with van der Waals surface area (Å²) in [5.74, 6) is 3.24. The Morgan fingerprint density at radius 1 is 1.23 bits per heavy atom. The van der Waals surface area contributed by atoms with Crippen LogP contribution >= 0.6 is 0 Å². The molecule has 0 aromatic carbocycles. The maximum Gasteiger partial charge on any atom is 0.0841 e. The summed E-state index contributed by atoms with van der Waals surface area (Å²) in [6, 6.07) is 0. The van der Waals surface area contributed by atoms with Crippen molar-refractivity contribution >= 4 is 0 Å². The number of fused-ring (bicyclic) bond motifs is 1. The average Bonchev–Trinajstić information content (AvgIpc) is 2.58. The molecule has 0 spiro atoms. The van der Waals surface area contributed by atoms with E-state index in [0.29, 0.717) is 12.5 Å². The van der Waals surface area contributed by atoms with E-state index in [-0.39, 0.29) is 0 Å². The molecule has 2 aliphatic carbocycles. The molecular formula is C11H19NO. The van der Waals surface area contributed by atoms with E-state index in [9.17, 15) is 4.91 Å². The number of hydrogen-bond donors (Lipinski definition) is 0. The van der Waals surface area contributed by atoms with Crippen molar-refractivity contribution in [3.63, 3.8) is 0 Å². The van der Waals surface area contributed by atoms with Crippen LogP contribution in [0.3, 0.4) is 0 Å². The van der Waals surface area contributed by atoms with Gasteiger partial charge in [0.1, 0.15) is 0 Å². The predicted molar refractivity (Wildman–Crippen MR) is 53.4 cm³/mol. The molecular weight excluding hydrogens is 162 g/mol. The second-order valence-corrected chi connectivity index (χ2v) is 4.86. The largest absolute Gasteiger partial charge is 0.151 e. The van der Waals surface area contributed by atoms with E-state index in [2.05, 4.69) is 12.1 Å². The molecule has 2 fully saturated rings. The zero-order valence-electron chi connectivity index (χ0n) is 8.41. The van der Waals surface area contributed by atoms with E-state index in [4.69, 9.17) is 0 Å². The quantitative estimate of drug-likeness (QED) is 0.601. The summed E-state index contributed by atoms with van der Waals surface area (Å²) >= 11 is 0. The highest BCUT2D eigenvalue weighted by molar-refractivity contribution is 4.89. The topological polar surface area (TPSA) is 29.4 Å². The maximum atomic E-state index is 10.3. The Balaban J connectivity index is 1.99. The summed E-state index contributed by atoms with van der Waals surface area (Å²) in [5.41, 5.74) is 0. The van der Waals surface area contributed by atoms with Gasteiger partial charge in [-0.15, -0.1) is 0 Å². The van der Waals surface area contributed by atoms with E-state index < -0.39 is 0 Å². The van der Waals surface area contributed by atoms with Crippen LogP contribution in [-0.4, -0.2) is 6.54 Å². The zero-order chi connectivity index (χ0) is 9.26. The van der Waals surface area contributed by atoms with Crippen LogP contribution < -0.4 is 0 Å². The van der Waals surface area contributed by atoms with Crippen LogP contribution in [0.4, 0.5) is 0 Å². The minimum Gasteiger partial charge on any atom is -0.151 e. The van der Waals surface area contributed by atoms with Gasteiger partial charge in [-0.2, -0.15) is 4.91 Å². The van der Waals surface area contributed by atoms with Crippen LogP contribution in [0, 0.1) is 28.6 Å². The fraction of sp³-hybridized carbons (Fsp3) is 1.00. The molecule has 2 heteroatoms. The Hall–Kier alpha value is -0.400. The van der Waals surface area contributed by atoms with Crippen molar-refractivity contribution < 1.29 is 0 Å². The summed E-state index contributed by atoms with van der Waals surface area (Å²) in [5, 5.41) is 3.07. The van der Waals surface area contributed by atoms with Crippen LogP contribution in [0.1, 0.15) is 39.0 Å². The molecule has 0 bridgehead atoms. The van der Waals surface area contributed by atoms with Crippen molar-refractivity contribution in [1.82, 2.24) is 0 Å². The van der Waals surface area contributed by atoms with Crippen LogP contribution in [0.15, 0.2) is 5.18 Å². The third kappa shape index (κ3) is 1.63. The molecule has 0 radical (unpaired) electrons. The minimum absolute atomic E-state index is 0.560. The summed E-state index contributed by atoms with van der Waals surface area (Å²) in [7, 11) is 0. The number of nitrogens with zero attached hydrogens (tertiary/aromatic N) is 1. The fourth-order valence-electron chi connectivity index (χ4n) is 3.51. The molecule has 13 heavy (non-hydrogen) atoms. The first kappa shape index (κ1) is 9.17. The van der Waals surface area contributed by atoms with E-state index in [1.807, 2.05) is 0 Å². The molecule has 0 amide bonds. The van der Waals surface area contributed by atoms with Gasteiger partial charge in [0.05, 0.1) is 6.54 Å². The first-order valence-corrected chi connectivity index (χ1v) is 5.62. The van der Waals surface area contributed by atoms with Gasteiger partial charge in [0.15, 0.2) is 0 Å². The Kier molecular flexibility index (Phi) is 2.66. The Labute approximate surface area is 80.1 Å². The average molecular weight is 181 g/mol. The van der Waals surface area contributed by atoms with Crippen molar-refractivity contribution in [3.8, 4) is 0 Å².